The third-order valence-corrected chi connectivity index (χ3v) is 6.07. The van der Waals surface area contributed by atoms with E-state index in [0.29, 0.717) is 16.5 Å². The zero-order chi connectivity index (χ0) is 20.9. The second-order valence-corrected chi connectivity index (χ2v) is 8.23. The summed E-state index contributed by atoms with van der Waals surface area (Å²) < 4.78 is 16.3. The summed E-state index contributed by atoms with van der Waals surface area (Å²) in [6.45, 7) is 3.40. The van der Waals surface area contributed by atoms with Crippen molar-refractivity contribution in [2.45, 2.75) is 11.6 Å². The van der Waals surface area contributed by atoms with E-state index in [-0.39, 0.29) is 17.5 Å². The van der Waals surface area contributed by atoms with Crippen LogP contribution >= 0.6 is 11.8 Å². The zero-order valence-corrected chi connectivity index (χ0v) is 17.7. The van der Waals surface area contributed by atoms with Crippen molar-refractivity contribution in [3.05, 3.63) is 60.4 Å². The molecule has 1 saturated heterocycles. The summed E-state index contributed by atoms with van der Waals surface area (Å²) in [7, 11) is 2.08. The van der Waals surface area contributed by atoms with Crippen LogP contribution < -0.4 is 0 Å². The lowest BCUT2D eigenvalue weighted by Gasteiger charge is -2.20. The van der Waals surface area contributed by atoms with Crippen LogP contribution in [0, 0.1) is 5.82 Å². The Morgan fingerprint density at radius 1 is 1.00 bits per heavy atom. The molecule has 156 valence electrons. The molecule has 3 aromatic rings. The third-order valence-electron chi connectivity index (χ3n) is 5.16. The lowest BCUT2D eigenvalue weighted by atomic mass is 10.2. The number of amides is 1. The molecule has 2 aromatic carbocycles. The normalized spacial score (nSPS) is 15.2. The van der Waals surface area contributed by atoms with Crippen molar-refractivity contribution >= 4 is 17.7 Å². The second kappa shape index (κ2) is 9.40. The number of halogens is 1. The number of likely N-dealkylation sites (N-methyl/N-ethyl adjacent to an activating group) is 1. The largest absolute Gasteiger partial charge is 0.341 e. The highest BCUT2D eigenvalue weighted by atomic mass is 32.2. The van der Waals surface area contributed by atoms with Crippen molar-refractivity contribution in [3.8, 4) is 17.1 Å². The van der Waals surface area contributed by atoms with Crippen molar-refractivity contribution in [2.24, 2.45) is 0 Å². The molecule has 0 atom stereocenters. The standard InChI is InChI=1S/C22H24FN5OS/c1-26-12-7-13-27(15-14-26)20(29)16-30-22-25-24-21(18-10-5-6-11-19(18)23)28(22)17-8-3-2-4-9-17/h2-6,8-11H,7,12-16H2,1H3. The molecule has 0 spiro atoms. The first kappa shape index (κ1) is 20.6. The number of hydrogen-bond donors (Lipinski definition) is 0. The van der Waals surface area contributed by atoms with Gasteiger partial charge in [-0.25, -0.2) is 4.39 Å². The van der Waals surface area contributed by atoms with E-state index in [1.807, 2.05) is 39.8 Å². The number of para-hydroxylation sites is 1. The van der Waals surface area contributed by atoms with E-state index in [1.165, 1.54) is 17.8 Å². The Morgan fingerprint density at radius 3 is 2.57 bits per heavy atom. The third kappa shape index (κ3) is 4.55. The van der Waals surface area contributed by atoms with Crippen LogP contribution in [0.25, 0.3) is 17.1 Å². The highest BCUT2D eigenvalue weighted by Crippen LogP contribution is 2.29. The molecule has 4 rings (SSSR count). The smallest absolute Gasteiger partial charge is 0.233 e. The van der Waals surface area contributed by atoms with Crippen molar-refractivity contribution in [1.82, 2.24) is 24.6 Å². The van der Waals surface area contributed by atoms with E-state index in [4.69, 9.17) is 0 Å². The number of thioether (sulfide) groups is 1. The number of carbonyl (C=O) groups excluding carboxylic acids is 1. The summed E-state index contributed by atoms with van der Waals surface area (Å²) in [6, 6.07) is 16.1. The average Bonchev–Trinajstić information content (AvgIpc) is 3.06. The Balaban J connectivity index is 1.59. The Bertz CT molecular complexity index is 1010. The number of carbonyl (C=O) groups is 1. The van der Waals surface area contributed by atoms with Crippen LogP contribution in [0.5, 0.6) is 0 Å². The summed E-state index contributed by atoms with van der Waals surface area (Å²) in [5, 5.41) is 9.12. The van der Waals surface area contributed by atoms with Gasteiger partial charge in [0.15, 0.2) is 11.0 Å². The Morgan fingerprint density at radius 2 is 1.77 bits per heavy atom. The van der Waals surface area contributed by atoms with Crippen molar-refractivity contribution in [2.75, 3.05) is 39.0 Å². The van der Waals surface area contributed by atoms with E-state index >= 15 is 0 Å². The van der Waals surface area contributed by atoms with Gasteiger partial charge < -0.3 is 9.80 Å². The molecule has 1 aliphatic rings. The van der Waals surface area contributed by atoms with Gasteiger partial charge in [0.2, 0.25) is 5.91 Å². The number of rotatable bonds is 5. The van der Waals surface area contributed by atoms with Gasteiger partial charge in [0, 0.05) is 25.3 Å². The summed E-state index contributed by atoms with van der Waals surface area (Å²) in [5.41, 5.74) is 1.20. The van der Waals surface area contributed by atoms with E-state index in [2.05, 4.69) is 22.1 Å². The molecule has 2 heterocycles. The predicted octanol–water partition coefficient (Wildman–Crippen LogP) is 3.33. The first-order chi connectivity index (χ1) is 14.6. The van der Waals surface area contributed by atoms with Gasteiger partial charge in [0.1, 0.15) is 5.82 Å². The molecule has 6 nitrogen and oxygen atoms in total. The SMILES string of the molecule is CN1CCCN(C(=O)CSc2nnc(-c3ccccc3F)n2-c2ccccc2)CC1. The maximum absolute atomic E-state index is 14.5. The molecule has 0 radical (unpaired) electrons. The molecule has 0 aliphatic carbocycles. The molecule has 8 heteroatoms. The fourth-order valence-corrected chi connectivity index (χ4v) is 4.36. The first-order valence-corrected chi connectivity index (χ1v) is 11.0. The highest BCUT2D eigenvalue weighted by molar-refractivity contribution is 7.99. The fraction of sp³-hybridized carbons (Fsp3) is 0.318. The van der Waals surface area contributed by atoms with E-state index in [1.54, 1.807) is 18.2 Å². The number of aromatic nitrogens is 3. The van der Waals surface area contributed by atoms with Crippen LogP contribution in [0.3, 0.4) is 0 Å². The number of hydrogen-bond acceptors (Lipinski definition) is 5. The highest BCUT2D eigenvalue weighted by Gasteiger charge is 2.22. The van der Waals surface area contributed by atoms with Gasteiger partial charge in [0.05, 0.1) is 11.3 Å². The second-order valence-electron chi connectivity index (χ2n) is 7.28. The number of benzene rings is 2. The Kier molecular flexibility index (Phi) is 6.44. The quantitative estimate of drug-likeness (QED) is 0.587. The molecule has 0 N–H and O–H groups in total. The van der Waals surface area contributed by atoms with Crippen LogP contribution in [0.15, 0.2) is 59.8 Å². The molecular weight excluding hydrogens is 401 g/mol. The molecule has 0 unspecified atom stereocenters. The summed E-state index contributed by atoms with van der Waals surface area (Å²) in [5.74, 6) is 0.422. The molecular formula is C22H24FN5OS. The van der Waals surface area contributed by atoms with Gasteiger partial charge in [-0.3, -0.25) is 9.36 Å². The summed E-state index contributed by atoms with van der Waals surface area (Å²) in [4.78, 5) is 16.9. The Hall–Kier alpha value is -2.71. The van der Waals surface area contributed by atoms with Crippen molar-refractivity contribution in [1.29, 1.82) is 0 Å². The van der Waals surface area contributed by atoms with Crippen LogP contribution in [-0.4, -0.2) is 69.5 Å². The van der Waals surface area contributed by atoms with Gasteiger partial charge in [-0.05, 0) is 44.3 Å². The van der Waals surface area contributed by atoms with Gasteiger partial charge >= 0.3 is 0 Å². The molecule has 1 fully saturated rings. The van der Waals surface area contributed by atoms with Crippen LogP contribution in [-0.2, 0) is 4.79 Å². The summed E-state index contributed by atoms with van der Waals surface area (Å²) >= 11 is 1.33. The van der Waals surface area contributed by atoms with E-state index in [0.717, 1.165) is 38.3 Å². The monoisotopic (exact) mass is 425 g/mol. The lowest BCUT2D eigenvalue weighted by Crippen LogP contribution is -2.35. The molecule has 0 bridgehead atoms. The zero-order valence-electron chi connectivity index (χ0n) is 16.9. The minimum atomic E-state index is -0.358. The molecule has 1 aliphatic heterocycles. The van der Waals surface area contributed by atoms with Gasteiger partial charge in [-0.1, -0.05) is 42.1 Å². The minimum Gasteiger partial charge on any atom is -0.341 e. The lowest BCUT2D eigenvalue weighted by molar-refractivity contribution is -0.128. The average molecular weight is 426 g/mol. The first-order valence-electron chi connectivity index (χ1n) is 9.98. The molecule has 30 heavy (non-hydrogen) atoms. The van der Waals surface area contributed by atoms with Gasteiger partial charge in [-0.15, -0.1) is 10.2 Å². The van der Waals surface area contributed by atoms with Crippen LogP contribution in [0.2, 0.25) is 0 Å². The van der Waals surface area contributed by atoms with Crippen molar-refractivity contribution < 1.29 is 9.18 Å². The minimum absolute atomic E-state index is 0.0883. The number of nitrogens with zero attached hydrogens (tertiary/aromatic N) is 5. The maximum atomic E-state index is 14.5. The molecule has 1 aromatic heterocycles. The van der Waals surface area contributed by atoms with Gasteiger partial charge in [0.25, 0.3) is 0 Å². The van der Waals surface area contributed by atoms with Gasteiger partial charge in [-0.2, -0.15) is 0 Å². The molecule has 0 saturated carbocycles. The topological polar surface area (TPSA) is 54.3 Å². The fourth-order valence-electron chi connectivity index (χ4n) is 3.50. The predicted molar refractivity (Wildman–Crippen MR) is 116 cm³/mol. The summed E-state index contributed by atoms with van der Waals surface area (Å²) in [6.07, 6.45) is 0.977. The van der Waals surface area contributed by atoms with Crippen LogP contribution in [0.4, 0.5) is 4.39 Å². The van der Waals surface area contributed by atoms with Crippen molar-refractivity contribution in [3.63, 3.8) is 0 Å². The molecule has 1 amide bonds. The van der Waals surface area contributed by atoms with E-state index in [9.17, 15) is 9.18 Å². The van der Waals surface area contributed by atoms with Crippen LogP contribution in [0.1, 0.15) is 6.42 Å². The van der Waals surface area contributed by atoms with E-state index < -0.39 is 0 Å². The Labute approximate surface area is 179 Å². The maximum Gasteiger partial charge on any atom is 0.233 e.